The normalized spacial score (nSPS) is 15.7. The number of amides is 1. The van der Waals surface area contributed by atoms with Crippen molar-refractivity contribution in [2.75, 3.05) is 32.0 Å². The quantitative estimate of drug-likeness (QED) is 0.448. The number of anilines is 1. The van der Waals surface area contributed by atoms with E-state index in [0.29, 0.717) is 12.6 Å². The van der Waals surface area contributed by atoms with Gasteiger partial charge in [0.2, 0.25) is 5.91 Å². The van der Waals surface area contributed by atoms with Crippen LogP contribution in [0.25, 0.3) is 0 Å². The van der Waals surface area contributed by atoms with Crippen molar-refractivity contribution in [3.05, 3.63) is 65.7 Å². The van der Waals surface area contributed by atoms with Gasteiger partial charge in [0.25, 0.3) is 0 Å². The summed E-state index contributed by atoms with van der Waals surface area (Å²) in [4.78, 5) is 18.8. The molecule has 6 heteroatoms. The predicted octanol–water partition coefficient (Wildman–Crippen LogP) is 3.78. The molecule has 1 unspecified atom stereocenters. The summed E-state index contributed by atoms with van der Waals surface area (Å²) in [5.74, 6) is 0.787. The largest absolute Gasteiger partial charge is 0.354 e. The maximum atomic E-state index is 11.8. The number of hydrogen-bond acceptors (Lipinski definition) is 3. The third-order valence-corrected chi connectivity index (χ3v) is 5.66. The van der Waals surface area contributed by atoms with Crippen molar-refractivity contribution in [3.63, 3.8) is 0 Å². The third kappa shape index (κ3) is 6.82. The van der Waals surface area contributed by atoms with Crippen LogP contribution in [0.2, 0.25) is 0 Å². The van der Waals surface area contributed by atoms with Crippen LogP contribution in [0, 0.1) is 5.92 Å². The van der Waals surface area contributed by atoms with Crippen LogP contribution in [0.1, 0.15) is 43.9 Å². The number of likely N-dealkylation sites (tertiary alicyclic amines) is 1. The lowest BCUT2D eigenvalue weighted by Gasteiger charge is -2.29. The number of nitrogens with zero attached hydrogens (tertiary/aromatic N) is 2. The van der Waals surface area contributed by atoms with Gasteiger partial charge < -0.3 is 16.0 Å². The summed E-state index contributed by atoms with van der Waals surface area (Å²) in [5, 5.41) is 9.82. The molecule has 0 aromatic heterocycles. The lowest BCUT2D eigenvalue weighted by molar-refractivity contribution is -0.118. The van der Waals surface area contributed by atoms with Gasteiger partial charge in [-0.1, -0.05) is 56.3 Å². The van der Waals surface area contributed by atoms with Gasteiger partial charge in [-0.25, -0.2) is 0 Å². The monoisotopic (exact) mass is 421 g/mol. The Balaban J connectivity index is 1.53. The molecule has 1 aliphatic rings. The number of hydrogen-bond donors (Lipinski definition) is 3. The first-order valence-corrected chi connectivity index (χ1v) is 11.2. The molecule has 1 fully saturated rings. The van der Waals surface area contributed by atoms with E-state index in [1.807, 2.05) is 38.1 Å². The van der Waals surface area contributed by atoms with Crippen LogP contribution < -0.4 is 16.0 Å². The van der Waals surface area contributed by atoms with Crippen molar-refractivity contribution < 1.29 is 4.79 Å². The van der Waals surface area contributed by atoms with Gasteiger partial charge in [0.1, 0.15) is 0 Å². The molecule has 2 aromatic rings. The fourth-order valence-corrected chi connectivity index (χ4v) is 3.78. The predicted molar refractivity (Wildman–Crippen MR) is 128 cm³/mol. The van der Waals surface area contributed by atoms with Crippen molar-refractivity contribution in [2.45, 2.75) is 39.3 Å². The number of aliphatic imine (C=N–C) groups is 1. The third-order valence-electron chi connectivity index (χ3n) is 5.66. The van der Waals surface area contributed by atoms with Gasteiger partial charge in [-0.05, 0) is 49.2 Å². The molecule has 0 spiro atoms. The minimum absolute atomic E-state index is 0.0291. The summed E-state index contributed by atoms with van der Waals surface area (Å²) < 4.78 is 0. The highest BCUT2D eigenvalue weighted by Crippen LogP contribution is 2.24. The topological polar surface area (TPSA) is 68.8 Å². The highest BCUT2D eigenvalue weighted by atomic mass is 16.1. The van der Waals surface area contributed by atoms with E-state index in [4.69, 9.17) is 0 Å². The number of guanidine groups is 1. The average molecular weight is 422 g/mol. The van der Waals surface area contributed by atoms with E-state index in [0.717, 1.165) is 36.8 Å². The molecule has 0 bridgehead atoms. The Kier molecular flexibility index (Phi) is 8.47. The lowest BCUT2D eigenvalue weighted by atomic mass is 10.1. The minimum atomic E-state index is -0.0315. The van der Waals surface area contributed by atoms with Crippen LogP contribution in [0.4, 0.5) is 5.69 Å². The standard InChI is InChI=1S/C25H35N5O/c1-19(2)24(31)29-22-13-11-20(12-14-22)17-27-25(26-3)28-18-23(30-15-7-8-16-30)21-9-5-4-6-10-21/h4-6,9-14,19,23H,7-8,15-18H2,1-3H3,(H,29,31)(H2,26,27,28). The van der Waals surface area contributed by atoms with Gasteiger partial charge in [0.15, 0.2) is 5.96 Å². The summed E-state index contributed by atoms with van der Waals surface area (Å²) in [6.07, 6.45) is 2.54. The molecule has 3 rings (SSSR count). The molecule has 0 radical (unpaired) electrons. The smallest absolute Gasteiger partial charge is 0.226 e. The zero-order valence-corrected chi connectivity index (χ0v) is 18.9. The van der Waals surface area contributed by atoms with Crippen LogP contribution in [-0.2, 0) is 11.3 Å². The van der Waals surface area contributed by atoms with Gasteiger partial charge >= 0.3 is 0 Å². The number of benzene rings is 2. The zero-order chi connectivity index (χ0) is 22.1. The second kappa shape index (κ2) is 11.5. The molecular formula is C25H35N5O. The molecule has 0 aliphatic carbocycles. The zero-order valence-electron chi connectivity index (χ0n) is 18.9. The Morgan fingerprint density at radius 3 is 2.29 bits per heavy atom. The maximum Gasteiger partial charge on any atom is 0.226 e. The van der Waals surface area contributed by atoms with Crippen LogP contribution in [0.15, 0.2) is 59.6 Å². The summed E-state index contributed by atoms with van der Waals surface area (Å²) in [6.45, 7) is 7.54. The fraction of sp³-hybridized carbons (Fsp3) is 0.440. The summed E-state index contributed by atoms with van der Waals surface area (Å²) in [7, 11) is 1.80. The minimum Gasteiger partial charge on any atom is -0.354 e. The Morgan fingerprint density at radius 1 is 1.00 bits per heavy atom. The van der Waals surface area contributed by atoms with Crippen LogP contribution >= 0.6 is 0 Å². The molecule has 6 nitrogen and oxygen atoms in total. The molecule has 0 saturated carbocycles. The van der Waals surface area contributed by atoms with Crippen LogP contribution in [-0.4, -0.2) is 43.4 Å². The van der Waals surface area contributed by atoms with Crippen molar-refractivity contribution in [1.82, 2.24) is 15.5 Å². The van der Waals surface area contributed by atoms with E-state index in [1.54, 1.807) is 7.05 Å². The molecule has 1 heterocycles. The van der Waals surface area contributed by atoms with E-state index in [-0.39, 0.29) is 11.8 Å². The van der Waals surface area contributed by atoms with Crippen molar-refractivity contribution in [2.24, 2.45) is 10.9 Å². The van der Waals surface area contributed by atoms with Crippen molar-refractivity contribution >= 4 is 17.6 Å². The molecule has 1 atom stereocenters. The molecule has 3 N–H and O–H groups in total. The Hall–Kier alpha value is -2.86. The Labute approximate surface area is 186 Å². The Morgan fingerprint density at radius 2 is 1.68 bits per heavy atom. The molecular weight excluding hydrogens is 386 g/mol. The second-order valence-corrected chi connectivity index (χ2v) is 8.32. The molecule has 1 saturated heterocycles. The van der Waals surface area contributed by atoms with Gasteiger partial charge in [-0.15, -0.1) is 0 Å². The molecule has 1 amide bonds. The maximum absolute atomic E-state index is 11.8. The van der Waals surface area contributed by atoms with Crippen molar-refractivity contribution in [3.8, 4) is 0 Å². The van der Waals surface area contributed by atoms with Gasteiger partial charge in [-0.2, -0.15) is 0 Å². The van der Waals surface area contributed by atoms with E-state index < -0.39 is 0 Å². The number of rotatable bonds is 8. The second-order valence-electron chi connectivity index (χ2n) is 8.32. The van der Waals surface area contributed by atoms with E-state index in [1.165, 1.54) is 18.4 Å². The first-order chi connectivity index (χ1) is 15.1. The van der Waals surface area contributed by atoms with E-state index in [2.05, 4.69) is 56.2 Å². The molecule has 166 valence electrons. The first-order valence-electron chi connectivity index (χ1n) is 11.2. The molecule has 1 aliphatic heterocycles. The first kappa shape index (κ1) is 22.8. The number of carbonyl (C=O) groups is 1. The highest BCUT2D eigenvalue weighted by molar-refractivity contribution is 5.92. The van der Waals surface area contributed by atoms with Gasteiger partial charge in [0, 0.05) is 31.7 Å². The SMILES string of the molecule is CN=C(NCc1ccc(NC(=O)C(C)C)cc1)NCC(c1ccccc1)N1CCCC1. The van der Waals surface area contributed by atoms with Crippen LogP contribution in [0.5, 0.6) is 0 Å². The van der Waals surface area contributed by atoms with Gasteiger partial charge in [-0.3, -0.25) is 14.7 Å². The van der Waals surface area contributed by atoms with E-state index in [9.17, 15) is 4.79 Å². The number of carbonyl (C=O) groups excluding carboxylic acids is 1. The molecule has 2 aromatic carbocycles. The number of nitrogens with one attached hydrogen (secondary N) is 3. The summed E-state index contributed by atoms with van der Waals surface area (Å²) in [5.41, 5.74) is 3.29. The van der Waals surface area contributed by atoms with Gasteiger partial charge in [0.05, 0.1) is 6.04 Å². The molecule has 31 heavy (non-hydrogen) atoms. The van der Waals surface area contributed by atoms with E-state index >= 15 is 0 Å². The Bertz CT molecular complexity index is 842. The van der Waals surface area contributed by atoms with Crippen molar-refractivity contribution in [1.29, 1.82) is 0 Å². The average Bonchev–Trinajstić information content (AvgIpc) is 3.32. The lowest BCUT2D eigenvalue weighted by Crippen LogP contribution is -2.42. The van der Waals surface area contributed by atoms with Crippen LogP contribution in [0.3, 0.4) is 0 Å². The summed E-state index contributed by atoms with van der Waals surface area (Å²) in [6, 6.07) is 19.0. The summed E-state index contributed by atoms with van der Waals surface area (Å²) >= 11 is 0. The fourth-order valence-electron chi connectivity index (χ4n) is 3.78. The highest BCUT2D eigenvalue weighted by Gasteiger charge is 2.23.